The molecule has 0 aliphatic heterocycles. The zero-order valence-electron chi connectivity index (χ0n) is 14.7. The van der Waals surface area contributed by atoms with Crippen LogP contribution in [0, 0.1) is 40.4 Å². The molecule has 0 unspecified atom stereocenters. The van der Waals surface area contributed by atoms with Gasteiger partial charge in [0.2, 0.25) is 0 Å². The Morgan fingerprint density at radius 2 is 1.61 bits per heavy atom. The molecule has 0 aromatic carbocycles. The molecule has 4 saturated carbocycles. The molecule has 0 aromatic heterocycles. The second kappa shape index (κ2) is 5.44. The van der Waals surface area contributed by atoms with Gasteiger partial charge in [-0.15, -0.1) is 0 Å². The predicted molar refractivity (Wildman–Crippen MR) is 89.7 cm³/mol. The van der Waals surface area contributed by atoms with Crippen molar-refractivity contribution in [1.82, 2.24) is 0 Å². The van der Waals surface area contributed by atoms with Gasteiger partial charge in [0.25, 0.3) is 0 Å². The first-order valence-corrected chi connectivity index (χ1v) is 9.87. The summed E-state index contributed by atoms with van der Waals surface area (Å²) in [7, 11) is 0. The highest BCUT2D eigenvalue weighted by Gasteiger charge is 2.61. The third-order valence-electron chi connectivity index (χ3n) is 8.99. The van der Waals surface area contributed by atoms with E-state index in [1.165, 1.54) is 25.7 Å². The van der Waals surface area contributed by atoms with E-state index in [1.807, 2.05) is 0 Å². The maximum Gasteiger partial charge on any atom is 0.0646 e. The molecule has 0 bridgehead atoms. The predicted octanol–water partition coefficient (Wildman–Crippen LogP) is 2.97. The lowest BCUT2D eigenvalue weighted by atomic mass is 9.45. The lowest BCUT2D eigenvalue weighted by Crippen LogP contribution is -2.54. The Kier molecular flexibility index (Phi) is 3.87. The molecule has 0 aromatic rings. The van der Waals surface area contributed by atoms with Gasteiger partial charge in [-0.05, 0) is 85.9 Å². The molecule has 0 saturated heterocycles. The average molecular weight is 322 g/mol. The van der Waals surface area contributed by atoms with Gasteiger partial charge in [-0.2, -0.15) is 0 Å². The highest BCUT2D eigenvalue weighted by atomic mass is 16.3. The maximum absolute atomic E-state index is 10.8. The molecule has 3 nitrogen and oxygen atoms in total. The van der Waals surface area contributed by atoms with Crippen LogP contribution in [0.2, 0.25) is 0 Å². The maximum atomic E-state index is 10.8. The van der Waals surface area contributed by atoms with E-state index < -0.39 is 0 Å². The van der Waals surface area contributed by atoms with Crippen molar-refractivity contribution in [2.24, 2.45) is 40.4 Å². The molecule has 4 aliphatic rings. The van der Waals surface area contributed by atoms with Gasteiger partial charge in [-0.25, -0.2) is 0 Å². The topological polar surface area (TPSA) is 60.7 Å². The monoisotopic (exact) mass is 322 g/mol. The van der Waals surface area contributed by atoms with Crippen LogP contribution in [0.3, 0.4) is 0 Å². The van der Waals surface area contributed by atoms with Gasteiger partial charge in [0.1, 0.15) is 0 Å². The summed E-state index contributed by atoms with van der Waals surface area (Å²) in [5.41, 5.74) is 0.414. The minimum atomic E-state index is -0.322. The van der Waals surface area contributed by atoms with Crippen LogP contribution in [0.4, 0.5) is 0 Å². The second-order valence-corrected chi connectivity index (χ2v) is 9.75. The summed E-state index contributed by atoms with van der Waals surface area (Å²) >= 11 is 0. The molecule has 23 heavy (non-hydrogen) atoms. The number of rotatable bonds is 1. The molecule has 4 fully saturated rings. The number of fused-ring (bicyclic) bond motifs is 5. The first-order valence-electron chi connectivity index (χ1n) is 9.87. The van der Waals surface area contributed by atoms with E-state index in [2.05, 4.69) is 13.8 Å². The second-order valence-electron chi connectivity index (χ2n) is 9.75. The molecule has 9 atom stereocenters. The quantitative estimate of drug-likeness (QED) is 0.695. The first-order chi connectivity index (χ1) is 10.9. The van der Waals surface area contributed by atoms with Crippen molar-refractivity contribution < 1.29 is 15.3 Å². The Balaban J connectivity index is 1.62. The Hall–Kier alpha value is -0.120. The van der Waals surface area contributed by atoms with E-state index in [1.54, 1.807) is 0 Å². The number of aliphatic hydroxyl groups is 3. The molecule has 4 aliphatic carbocycles. The lowest BCUT2D eigenvalue weighted by Gasteiger charge is -2.60. The third-order valence-corrected chi connectivity index (χ3v) is 8.99. The number of hydrogen-bond acceptors (Lipinski definition) is 3. The summed E-state index contributed by atoms with van der Waals surface area (Å²) in [5.74, 6) is 2.84. The van der Waals surface area contributed by atoms with Crippen LogP contribution in [0.1, 0.15) is 65.2 Å². The number of aliphatic hydroxyl groups excluding tert-OH is 3. The van der Waals surface area contributed by atoms with Crippen LogP contribution in [0.15, 0.2) is 0 Å². The molecule has 3 N–H and O–H groups in total. The van der Waals surface area contributed by atoms with Crippen molar-refractivity contribution in [3.05, 3.63) is 0 Å². The Bertz CT molecular complexity index is 466. The van der Waals surface area contributed by atoms with Crippen molar-refractivity contribution >= 4 is 0 Å². The van der Waals surface area contributed by atoms with Crippen LogP contribution in [-0.2, 0) is 0 Å². The molecular formula is C20H34O3. The lowest BCUT2D eigenvalue weighted by molar-refractivity contribution is -0.134. The Morgan fingerprint density at radius 3 is 2.35 bits per heavy atom. The smallest absolute Gasteiger partial charge is 0.0646 e. The fraction of sp³-hybridized carbons (Fsp3) is 1.00. The summed E-state index contributed by atoms with van der Waals surface area (Å²) in [6.07, 6.45) is 8.63. The van der Waals surface area contributed by atoms with E-state index in [0.717, 1.165) is 37.5 Å². The van der Waals surface area contributed by atoms with E-state index in [9.17, 15) is 15.3 Å². The molecule has 3 heteroatoms. The summed E-state index contributed by atoms with van der Waals surface area (Å²) in [5, 5.41) is 30.5. The van der Waals surface area contributed by atoms with Gasteiger partial charge >= 0.3 is 0 Å². The zero-order valence-corrected chi connectivity index (χ0v) is 14.7. The average Bonchev–Trinajstić information content (AvgIpc) is 2.79. The highest BCUT2D eigenvalue weighted by molar-refractivity contribution is 5.11. The van der Waals surface area contributed by atoms with Crippen LogP contribution in [0.5, 0.6) is 0 Å². The normalized spacial score (nSPS) is 59.1. The number of hydrogen-bond donors (Lipinski definition) is 3. The van der Waals surface area contributed by atoms with E-state index in [-0.39, 0.29) is 30.1 Å². The molecule has 4 rings (SSSR count). The molecule has 0 heterocycles. The summed E-state index contributed by atoms with van der Waals surface area (Å²) in [4.78, 5) is 0. The fourth-order valence-corrected chi connectivity index (χ4v) is 7.56. The van der Waals surface area contributed by atoms with Crippen LogP contribution in [0.25, 0.3) is 0 Å². The zero-order chi connectivity index (χ0) is 16.4. The fourth-order valence-electron chi connectivity index (χ4n) is 7.56. The van der Waals surface area contributed by atoms with Crippen molar-refractivity contribution in [3.63, 3.8) is 0 Å². The van der Waals surface area contributed by atoms with Gasteiger partial charge in [0, 0.05) is 12.5 Å². The van der Waals surface area contributed by atoms with E-state index in [0.29, 0.717) is 17.3 Å². The van der Waals surface area contributed by atoms with Crippen molar-refractivity contribution in [2.45, 2.75) is 77.4 Å². The SMILES string of the molecule is C[C@]12CC[C@H](O)C[C@@H]1CC[C@@H]1[C@@H]2CC[C@]2(C)[C@@H](O)[C@H](CO)C[C@@H]12. The minimum Gasteiger partial charge on any atom is -0.396 e. The molecule has 0 amide bonds. The van der Waals surface area contributed by atoms with Gasteiger partial charge in [-0.3, -0.25) is 0 Å². The van der Waals surface area contributed by atoms with E-state index >= 15 is 0 Å². The van der Waals surface area contributed by atoms with Crippen molar-refractivity contribution in [3.8, 4) is 0 Å². The summed E-state index contributed by atoms with van der Waals surface area (Å²) in [6.45, 7) is 4.92. The Morgan fingerprint density at radius 1 is 0.870 bits per heavy atom. The first kappa shape index (κ1) is 16.4. The van der Waals surface area contributed by atoms with Crippen molar-refractivity contribution in [1.29, 1.82) is 0 Å². The van der Waals surface area contributed by atoms with Gasteiger partial charge in [0.15, 0.2) is 0 Å². The Labute approximate surface area is 140 Å². The van der Waals surface area contributed by atoms with Crippen LogP contribution < -0.4 is 0 Å². The highest BCUT2D eigenvalue weighted by Crippen LogP contribution is 2.66. The summed E-state index contributed by atoms with van der Waals surface area (Å²) in [6, 6.07) is 0. The largest absolute Gasteiger partial charge is 0.396 e. The molecule has 0 spiro atoms. The summed E-state index contributed by atoms with van der Waals surface area (Å²) < 4.78 is 0. The van der Waals surface area contributed by atoms with Gasteiger partial charge in [0.05, 0.1) is 12.2 Å². The molecule has 132 valence electrons. The van der Waals surface area contributed by atoms with Crippen LogP contribution in [-0.4, -0.2) is 34.1 Å². The van der Waals surface area contributed by atoms with Crippen LogP contribution >= 0.6 is 0 Å². The third kappa shape index (κ3) is 2.19. The minimum absolute atomic E-state index is 0.0198. The van der Waals surface area contributed by atoms with Gasteiger partial charge < -0.3 is 15.3 Å². The van der Waals surface area contributed by atoms with Gasteiger partial charge in [-0.1, -0.05) is 13.8 Å². The van der Waals surface area contributed by atoms with Crippen molar-refractivity contribution in [2.75, 3.05) is 6.61 Å². The standard InChI is InChI=1S/C20H34O3/c1-19-7-5-14(22)10-13(19)3-4-15-16(19)6-8-20(2)17(15)9-12(11-21)18(20)23/h12-18,21-23H,3-11H2,1-2H3/t12-,13-,14-,15+,16-,17-,18-,19-,20-/m0/s1. The molecule has 0 radical (unpaired) electrons. The van der Waals surface area contributed by atoms with E-state index in [4.69, 9.17) is 0 Å². The molecular weight excluding hydrogens is 288 g/mol.